The Bertz CT molecular complexity index is 289. The minimum atomic E-state index is 1.09. The zero-order valence-electron chi connectivity index (χ0n) is 11.2. The molecule has 1 aromatic heterocycles. The van der Waals surface area contributed by atoms with Gasteiger partial charge in [0.05, 0.1) is 13.1 Å². The molecule has 0 aliphatic carbocycles. The number of aromatic nitrogens is 2. The molecule has 16 heavy (non-hydrogen) atoms. The van der Waals surface area contributed by atoms with Gasteiger partial charge in [-0.1, -0.05) is 26.7 Å². The van der Waals surface area contributed by atoms with Crippen molar-refractivity contribution in [1.82, 2.24) is 4.57 Å². The van der Waals surface area contributed by atoms with E-state index in [0.717, 1.165) is 6.54 Å². The molecule has 0 unspecified atom stereocenters. The fourth-order valence-electron chi connectivity index (χ4n) is 2.21. The summed E-state index contributed by atoms with van der Waals surface area (Å²) in [7, 11) is 0. The van der Waals surface area contributed by atoms with Crippen LogP contribution in [-0.2, 0) is 19.5 Å². The van der Waals surface area contributed by atoms with Crippen LogP contribution in [0.15, 0.2) is 12.4 Å². The summed E-state index contributed by atoms with van der Waals surface area (Å²) in [5.41, 5.74) is 0. The van der Waals surface area contributed by atoms with Gasteiger partial charge in [-0.3, -0.25) is 0 Å². The maximum Gasteiger partial charge on any atom is 0.256 e. The highest BCUT2D eigenvalue weighted by Gasteiger charge is 2.13. The van der Waals surface area contributed by atoms with Crippen LogP contribution in [0.1, 0.15) is 58.7 Å². The molecule has 0 saturated carbocycles. The fourth-order valence-corrected chi connectivity index (χ4v) is 2.21. The topological polar surface area (TPSA) is 8.81 Å². The average molecular weight is 223 g/mol. The summed E-state index contributed by atoms with van der Waals surface area (Å²) < 4.78 is 4.83. The molecule has 0 spiro atoms. The molecule has 1 rings (SSSR count). The summed E-state index contributed by atoms with van der Waals surface area (Å²) in [4.78, 5) is 0. The van der Waals surface area contributed by atoms with E-state index < -0.39 is 0 Å². The highest BCUT2D eigenvalue weighted by Crippen LogP contribution is 2.03. The smallest absolute Gasteiger partial charge is 0.235 e. The largest absolute Gasteiger partial charge is 0.256 e. The van der Waals surface area contributed by atoms with Gasteiger partial charge in [-0.15, -0.1) is 0 Å². The van der Waals surface area contributed by atoms with E-state index in [2.05, 4.69) is 42.3 Å². The van der Waals surface area contributed by atoms with Crippen molar-refractivity contribution >= 4 is 0 Å². The molecule has 1 aromatic rings. The second-order valence-electron chi connectivity index (χ2n) is 4.50. The monoisotopic (exact) mass is 223 g/mol. The third kappa shape index (κ3) is 3.66. The predicted molar refractivity (Wildman–Crippen MR) is 68.4 cm³/mol. The Morgan fingerprint density at radius 2 is 1.88 bits per heavy atom. The molecule has 0 aliphatic heterocycles. The second-order valence-corrected chi connectivity index (χ2v) is 4.50. The van der Waals surface area contributed by atoms with Crippen LogP contribution in [0.4, 0.5) is 0 Å². The van der Waals surface area contributed by atoms with Crippen LogP contribution in [0, 0.1) is 0 Å². The van der Waals surface area contributed by atoms with Crippen LogP contribution in [-0.4, -0.2) is 4.57 Å². The van der Waals surface area contributed by atoms with Crippen molar-refractivity contribution < 1.29 is 4.57 Å². The lowest BCUT2D eigenvalue weighted by molar-refractivity contribution is -0.704. The first-order chi connectivity index (χ1) is 7.83. The Balaban J connectivity index is 2.53. The summed E-state index contributed by atoms with van der Waals surface area (Å²) in [6.07, 6.45) is 12.3. The third-order valence-corrected chi connectivity index (χ3v) is 3.16. The molecule has 0 atom stereocenters. The molecule has 0 radical (unpaired) electrons. The van der Waals surface area contributed by atoms with Crippen molar-refractivity contribution in [2.24, 2.45) is 0 Å². The van der Waals surface area contributed by atoms with Gasteiger partial charge in [0.1, 0.15) is 12.4 Å². The Morgan fingerprint density at radius 1 is 1.06 bits per heavy atom. The van der Waals surface area contributed by atoms with Crippen LogP contribution in [0.2, 0.25) is 0 Å². The summed E-state index contributed by atoms with van der Waals surface area (Å²) in [5, 5.41) is 0. The van der Waals surface area contributed by atoms with Gasteiger partial charge >= 0.3 is 0 Å². The first-order valence-electron chi connectivity index (χ1n) is 6.90. The van der Waals surface area contributed by atoms with Gasteiger partial charge < -0.3 is 0 Å². The van der Waals surface area contributed by atoms with Crippen LogP contribution in [0.25, 0.3) is 0 Å². The quantitative estimate of drug-likeness (QED) is 0.472. The number of hydrogen-bond acceptors (Lipinski definition) is 0. The lowest BCUT2D eigenvalue weighted by Crippen LogP contribution is -2.37. The minimum Gasteiger partial charge on any atom is -0.235 e. The first-order valence-corrected chi connectivity index (χ1v) is 6.90. The molecular formula is C14H27N2+. The van der Waals surface area contributed by atoms with Gasteiger partial charge in [0.15, 0.2) is 0 Å². The van der Waals surface area contributed by atoms with Gasteiger partial charge in [0.25, 0.3) is 5.82 Å². The van der Waals surface area contributed by atoms with Crippen molar-refractivity contribution in [1.29, 1.82) is 0 Å². The molecule has 1 heterocycles. The number of aryl methyl sites for hydroxylation is 2. The molecule has 0 saturated heterocycles. The molecular weight excluding hydrogens is 196 g/mol. The van der Waals surface area contributed by atoms with E-state index in [9.17, 15) is 0 Å². The number of nitrogens with zero attached hydrogens (tertiary/aromatic N) is 2. The molecule has 0 amide bonds. The minimum absolute atomic E-state index is 1.09. The first kappa shape index (κ1) is 13.3. The molecule has 92 valence electrons. The van der Waals surface area contributed by atoms with Crippen LogP contribution < -0.4 is 4.57 Å². The van der Waals surface area contributed by atoms with Crippen molar-refractivity contribution in [3.63, 3.8) is 0 Å². The third-order valence-electron chi connectivity index (χ3n) is 3.16. The van der Waals surface area contributed by atoms with Crippen molar-refractivity contribution in [3.8, 4) is 0 Å². The Morgan fingerprint density at radius 3 is 2.50 bits per heavy atom. The summed E-state index contributed by atoms with van der Waals surface area (Å²) in [6, 6.07) is 0. The Hall–Kier alpha value is -0.790. The zero-order chi connectivity index (χ0) is 11.8. The summed E-state index contributed by atoms with van der Waals surface area (Å²) in [6.45, 7) is 9.04. The van der Waals surface area contributed by atoms with Gasteiger partial charge in [-0.25, -0.2) is 9.13 Å². The summed E-state index contributed by atoms with van der Waals surface area (Å²) >= 11 is 0. The average Bonchev–Trinajstić information content (AvgIpc) is 2.68. The number of imidazole rings is 1. The van der Waals surface area contributed by atoms with Gasteiger partial charge in [0, 0.05) is 6.42 Å². The highest BCUT2D eigenvalue weighted by molar-refractivity contribution is 4.83. The summed E-state index contributed by atoms with van der Waals surface area (Å²) in [5.74, 6) is 1.50. The van der Waals surface area contributed by atoms with E-state index in [1.165, 1.54) is 50.9 Å². The standard InChI is InChI=1S/C14H27N2/c1-4-7-8-9-11-16-13-12-15(6-3)14(16)10-5-2/h12-13H,4-11H2,1-3H3/q+1. The van der Waals surface area contributed by atoms with Crippen molar-refractivity contribution in [2.45, 2.75) is 72.4 Å². The van der Waals surface area contributed by atoms with Crippen molar-refractivity contribution in [2.75, 3.05) is 0 Å². The fraction of sp³-hybridized carbons (Fsp3) is 0.786. The van der Waals surface area contributed by atoms with E-state index >= 15 is 0 Å². The molecule has 2 heteroatoms. The van der Waals surface area contributed by atoms with E-state index in [1.54, 1.807) is 0 Å². The lowest BCUT2D eigenvalue weighted by Gasteiger charge is -2.03. The van der Waals surface area contributed by atoms with Crippen molar-refractivity contribution in [3.05, 3.63) is 18.2 Å². The van der Waals surface area contributed by atoms with Gasteiger partial charge in [0.2, 0.25) is 0 Å². The van der Waals surface area contributed by atoms with Crippen LogP contribution in [0.5, 0.6) is 0 Å². The molecule has 0 N–H and O–H groups in total. The Labute approximate surface area is 100 Å². The van der Waals surface area contributed by atoms with E-state index in [1.807, 2.05) is 0 Å². The van der Waals surface area contributed by atoms with Crippen LogP contribution >= 0.6 is 0 Å². The molecule has 0 aromatic carbocycles. The normalized spacial score (nSPS) is 10.9. The zero-order valence-corrected chi connectivity index (χ0v) is 11.2. The maximum absolute atomic E-state index is 2.45. The SMILES string of the molecule is CCCCCC[n+]1ccn(CC)c1CCC. The predicted octanol–water partition coefficient (Wildman–Crippen LogP) is 3.33. The van der Waals surface area contributed by atoms with E-state index in [0.29, 0.717) is 0 Å². The second kappa shape index (κ2) is 7.48. The lowest BCUT2D eigenvalue weighted by atomic mass is 10.2. The van der Waals surface area contributed by atoms with Gasteiger partial charge in [-0.2, -0.15) is 0 Å². The number of unbranched alkanes of at least 4 members (excludes halogenated alkanes) is 3. The Kier molecular flexibility index (Phi) is 6.20. The number of hydrogen-bond donors (Lipinski definition) is 0. The molecule has 2 nitrogen and oxygen atoms in total. The number of rotatable bonds is 8. The van der Waals surface area contributed by atoms with Crippen LogP contribution in [0.3, 0.4) is 0 Å². The maximum atomic E-state index is 2.45. The molecule has 0 fully saturated rings. The van der Waals surface area contributed by atoms with E-state index in [4.69, 9.17) is 0 Å². The van der Waals surface area contributed by atoms with E-state index in [-0.39, 0.29) is 0 Å². The molecule has 0 bridgehead atoms. The highest BCUT2D eigenvalue weighted by atomic mass is 15.1. The molecule has 0 aliphatic rings. The van der Waals surface area contributed by atoms with Gasteiger partial charge in [-0.05, 0) is 26.2 Å².